The molecule has 2 aliphatic rings. The lowest BCUT2D eigenvalue weighted by Crippen LogP contribution is -2.27. The molecular formula is C19H23N5O3S2. The van der Waals surface area contributed by atoms with Gasteiger partial charge in [-0.25, -0.2) is 13.4 Å². The Labute approximate surface area is 173 Å². The molecule has 2 heterocycles. The van der Waals surface area contributed by atoms with Crippen molar-refractivity contribution in [3.63, 3.8) is 0 Å². The van der Waals surface area contributed by atoms with Gasteiger partial charge in [0.15, 0.2) is 20.7 Å². The van der Waals surface area contributed by atoms with E-state index in [2.05, 4.69) is 15.4 Å². The Kier molecular flexibility index (Phi) is 5.66. The van der Waals surface area contributed by atoms with E-state index in [0.29, 0.717) is 30.1 Å². The zero-order chi connectivity index (χ0) is 20.4. The van der Waals surface area contributed by atoms with Gasteiger partial charge >= 0.3 is 0 Å². The van der Waals surface area contributed by atoms with Crippen molar-refractivity contribution in [1.29, 1.82) is 0 Å². The van der Waals surface area contributed by atoms with Gasteiger partial charge in [-0.2, -0.15) is 5.10 Å². The minimum absolute atomic E-state index is 0.242. The molecule has 8 nitrogen and oxygen atoms in total. The van der Waals surface area contributed by atoms with Crippen molar-refractivity contribution in [3.05, 3.63) is 40.9 Å². The van der Waals surface area contributed by atoms with Crippen molar-refractivity contribution in [2.75, 3.05) is 18.4 Å². The summed E-state index contributed by atoms with van der Waals surface area (Å²) in [6.07, 6.45) is 5.13. The predicted molar refractivity (Wildman–Crippen MR) is 113 cm³/mol. The molecule has 3 N–H and O–H groups in total. The number of anilines is 1. The second-order valence-electron chi connectivity index (χ2n) is 7.17. The summed E-state index contributed by atoms with van der Waals surface area (Å²) < 4.78 is 24.9. The van der Waals surface area contributed by atoms with Crippen LogP contribution >= 0.6 is 11.3 Å². The summed E-state index contributed by atoms with van der Waals surface area (Å²) >= 11 is 1.32. The van der Waals surface area contributed by atoms with Crippen LogP contribution in [0.4, 0.5) is 5.13 Å². The molecule has 1 aromatic carbocycles. The van der Waals surface area contributed by atoms with Gasteiger partial charge in [-0.3, -0.25) is 15.1 Å². The van der Waals surface area contributed by atoms with E-state index in [4.69, 9.17) is 5.73 Å². The number of nitrogens with zero attached hydrogens (tertiary/aromatic N) is 3. The number of carbonyl (C=O) groups is 1. The molecule has 154 valence electrons. The number of hydrogen-bond acceptors (Lipinski definition) is 8. The third-order valence-corrected chi connectivity index (χ3v) is 8.15. The van der Waals surface area contributed by atoms with E-state index in [1.807, 2.05) is 5.01 Å². The highest BCUT2D eigenvalue weighted by Crippen LogP contribution is 2.33. The van der Waals surface area contributed by atoms with Gasteiger partial charge in [0.2, 0.25) is 0 Å². The van der Waals surface area contributed by atoms with Gasteiger partial charge in [-0.15, -0.1) is 11.3 Å². The lowest BCUT2D eigenvalue weighted by molar-refractivity contribution is -0.110. The number of benzene rings is 1. The van der Waals surface area contributed by atoms with E-state index in [1.165, 1.54) is 11.3 Å². The Morgan fingerprint density at radius 3 is 2.52 bits per heavy atom. The highest BCUT2D eigenvalue weighted by atomic mass is 32.2. The van der Waals surface area contributed by atoms with Crippen LogP contribution in [0.3, 0.4) is 0 Å². The fourth-order valence-corrected chi connectivity index (χ4v) is 5.51. The number of rotatable bonds is 7. The molecule has 1 amide bonds. The topological polar surface area (TPSA) is 118 Å². The average Bonchev–Trinajstić information content (AvgIpc) is 3.29. The molecule has 1 aromatic heterocycles. The van der Waals surface area contributed by atoms with E-state index < -0.39 is 9.84 Å². The van der Waals surface area contributed by atoms with E-state index in [9.17, 15) is 13.2 Å². The summed E-state index contributed by atoms with van der Waals surface area (Å²) in [5.41, 5.74) is 6.42. The number of hydrazone groups is 1. The van der Waals surface area contributed by atoms with Crippen LogP contribution in [0.15, 0.2) is 40.5 Å². The first kappa shape index (κ1) is 20.0. The predicted octanol–water partition coefficient (Wildman–Crippen LogP) is 1.98. The van der Waals surface area contributed by atoms with Crippen LogP contribution in [-0.2, 0) is 21.2 Å². The van der Waals surface area contributed by atoms with Gasteiger partial charge in [0.05, 0.1) is 10.1 Å². The zero-order valence-electron chi connectivity index (χ0n) is 15.9. The molecule has 4 rings (SSSR count). The fourth-order valence-electron chi connectivity index (χ4n) is 3.17. The van der Waals surface area contributed by atoms with Crippen molar-refractivity contribution < 1.29 is 13.2 Å². The Morgan fingerprint density at radius 1 is 1.24 bits per heavy atom. The summed E-state index contributed by atoms with van der Waals surface area (Å²) in [6.45, 7) is 1.94. The number of nitrogens with two attached hydrogens (primary N) is 1. The number of hydrogen-bond donors (Lipinski definition) is 2. The van der Waals surface area contributed by atoms with Gasteiger partial charge in [-0.1, -0.05) is 12.1 Å². The van der Waals surface area contributed by atoms with E-state index >= 15 is 0 Å². The first-order valence-corrected chi connectivity index (χ1v) is 12.0. The Hall–Kier alpha value is -2.30. The second kappa shape index (κ2) is 8.21. The first-order valence-electron chi connectivity index (χ1n) is 9.61. The van der Waals surface area contributed by atoms with Gasteiger partial charge < -0.3 is 5.73 Å². The van der Waals surface area contributed by atoms with Crippen LogP contribution < -0.4 is 11.1 Å². The molecule has 1 aliphatic heterocycles. The monoisotopic (exact) mass is 433 g/mol. The smallest absolute Gasteiger partial charge is 0.278 e. The largest absolute Gasteiger partial charge is 0.326 e. The number of nitrogens with one attached hydrogen (secondary N) is 1. The van der Waals surface area contributed by atoms with E-state index in [-0.39, 0.29) is 21.8 Å². The molecule has 0 bridgehead atoms. The zero-order valence-corrected chi connectivity index (χ0v) is 17.5. The standard InChI is InChI=1S/C19H23N5O3S2/c20-11-14-12-21-19(28-14)22-18(25)17(23-24-9-1-2-10-24)13-3-5-15(6-4-13)29(26,27)16-7-8-16/h3-6,12,16H,1-2,7-11,20H2,(H,21,22,25). The van der Waals surface area contributed by atoms with E-state index in [1.54, 1.807) is 30.5 Å². The van der Waals surface area contributed by atoms with Gasteiger partial charge in [0.1, 0.15) is 0 Å². The Balaban J connectivity index is 1.60. The van der Waals surface area contributed by atoms with Gasteiger partial charge in [0, 0.05) is 36.3 Å². The molecule has 2 aromatic rings. The minimum Gasteiger partial charge on any atom is -0.326 e. The summed E-state index contributed by atoms with van der Waals surface area (Å²) in [7, 11) is -3.27. The second-order valence-corrected chi connectivity index (χ2v) is 10.5. The van der Waals surface area contributed by atoms with E-state index in [0.717, 1.165) is 30.8 Å². The molecule has 1 saturated carbocycles. The van der Waals surface area contributed by atoms with Gasteiger partial charge in [0.25, 0.3) is 5.91 Å². The molecule has 29 heavy (non-hydrogen) atoms. The van der Waals surface area contributed by atoms with Crippen LogP contribution in [0.25, 0.3) is 0 Å². The maximum absolute atomic E-state index is 12.9. The molecule has 1 aliphatic carbocycles. The molecule has 10 heteroatoms. The molecule has 0 spiro atoms. The summed E-state index contributed by atoms with van der Waals surface area (Å²) in [5, 5.41) is 9.39. The highest BCUT2D eigenvalue weighted by molar-refractivity contribution is 7.92. The molecule has 1 saturated heterocycles. The quantitative estimate of drug-likeness (QED) is 0.645. The Bertz CT molecular complexity index is 1020. The highest BCUT2D eigenvalue weighted by Gasteiger charge is 2.36. The normalized spacial score (nSPS) is 17.6. The van der Waals surface area contributed by atoms with Crippen molar-refractivity contribution in [2.24, 2.45) is 10.8 Å². The van der Waals surface area contributed by atoms with Crippen LogP contribution in [0.1, 0.15) is 36.1 Å². The maximum Gasteiger partial charge on any atom is 0.278 e. The fraction of sp³-hybridized carbons (Fsp3) is 0.421. The number of amides is 1. The lowest BCUT2D eigenvalue weighted by Gasteiger charge is -2.14. The first-order chi connectivity index (χ1) is 14.0. The summed E-state index contributed by atoms with van der Waals surface area (Å²) in [5.74, 6) is -0.382. The number of aromatic nitrogens is 1. The van der Waals surface area contributed by atoms with Crippen LogP contribution in [0.5, 0.6) is 0 Å². The molecule has 2 fully saturated rings. The van der Waals surface area contributed by atoms with Gasteiger partial charge in [-0.05, 0) is 37.8 Å². The molecule has 0 unspecified atom stereocenters. The van der Waals surface area contributed by atoms with Crippen LogP contribution in [0, 0.1) is 0 Å². The average molecular weight is 434 g/mol. The van der Waals surface area contributed by atoms with Crippen LogP contribution in [-0.4, -0.2) is 48.4 Å². The van der Waals surface area contributed by atoms with Crippen molar-refractivity contribution in [1.82, 2.24) is 9.99 Å². The third kappa shape index (κ3) is 4.49. The SMILES string of the molecule is NCc1cnc(NC(=O)C(=NN2CCCC2)c2ccc(S(=O)(=O)C3CC3)cc2)s1. The van der Waals surface area contributed by atoms with Crippen LogP contribution in [0.2, 0.25) is 0 Å². The van der Waals surface area contributed by atoms with Crippen molar-refractivity contribution >= 4 is 37.9 Å². The minimum atomic E-state index is -3.27. The molecule has 0 atom stereocenters. The molecule has 0 radical (unpaired) electrons. The molecular weight excluding hydrogens is 410 g/mol. The summed E-state index contributed by atoms with van der Waals surface area (Å²) in [4.78, 5) is 18.3. The maximum atomic E-state index is 12.9. The lowest BCUT2D eigenvalue weighted by atomic mass is 10.1. The van der Waals surface area contributed by atoms with Crippen molar-refractivity contribution in [3.8, 4) is 0 Å². The number of sulfone groups is 1. The summed E-state index contributed by atoms with van der Waals surface area (Å²) in [6, 6.07) is 6.42. The number of thiazole rings is 1. The third-order valence-electron chi connectivity index (χ3n) is 4.93. The Morgan fingerprint density at radius 2 is 1.93 bits per heavy atom. The van der Waals surface area contributed by atoms with Crippen molar-refractivity contribution in [2.45, 2.75) is 42.4 Å². The number of carbonyl (C=O) groups excluding carboxylic acids is 1.